The fraction of sp³-hybridized carbons (Fsp3) is 0.571. The lowest BCUT2D eigenvalue weighted by Gasteiger charge is -2.28. The van der Waals surface area contributed by atoms with E-state index < -0.39 is 141 Å². The number of aliphatic imine (C=N–C) groups is 1. The van der Waals surface area contributed by atoms with Crippen molar-refractivity contribution in [3.05, 3.63) is 18.2 Å². The quantitative estimate of drug-likeness (QED) is 0.0161. The van der Waals surface area contributed by atoms with Crippen molar-refractivity contribution in [2.24, 2.45) is 22.2 Å². The van der Waals surface area contributed by atoms with E-state index in [0.717, 1.165) is 4.90 Å². The van der Waals surface area contributed by atoms with Crippen LogP contribution in [0.5, 0.6) is 0 Å². The number of guanidine groups is 1. The molecule has 0 aliphatic carbocycles. The van der Waals surface area contributed by atoms with Gasteiger partial charge in [-0.3, -0.25) is 57.7 Å². The van der Waals surface area contributed by atoms with Crippen LogP contribution in [0.15, 0.2) is 17.5 Å². The van der Waals surface area contributed by atoms with Gasteiger partial charge in [-0.2, -0.15) is 12.6 Å². The number of rotatable bonds is 28. The summed E-state index contributed by atoms with van der Waals surface area (Å²) in [5.74, 6) is -11.6. The SMILES string of the molecule is NC(N)=NCCC[C@H](NC(=O)CNC(=O)[C@H](CS)NC(=O)CNC(=O)[C@@H](N)Cc1cnc[nH]1)C(=O)NCC(=O)N[C@@H](CC(=O)O)C(=O)N[C@@H](CO)C(=O)N1CCC[C@H]1C(=O)NCC(=O)O. The maximum Gasteiger partial charge on any atom is 0.322 e. The Hall–Kier alpha value is -7.08. The van der Waals surface area contributed by atoms with E-state index in [1.165, 1.54) is 12.5 Å². The van der Waals surface area contributed by atoms with E-state index in [4.69, 9.17) is 22.3 Å². The number of aromatic nitrogens is 2. The third-order valence-corrected chi connectivity index (χ3v) is 9.48. The third-order valence-electron chi connectivity index (χ3n) is 9.11. The molecule has 0 aromatic carbocycles. The summed E-state index contributed by atoms with van der Waals surface area (Å²) in [6, 6.07) is -8.33. The maximum absolute atomic E-state index is 13.2. The molecule has 0 unspecified atom stereocenters. The Kier molecular flexibility index (Phi) is 23.2. The summed E-state index contributed by atoms with van der Waals surface area (Å²) in [5, 5.41) is 46.2. The zero-order valence-electron chi connectivity index (χ0n) is 34.9. The van der Waals surface area contributed by atoms with Gasteiger partial charge >= 0.3 is 11.9 Å². The van der Waals surface area contributed by atoms with Gasteiger partial charge in [0.2, 0.25) is 53.2 Å². The van der Waals surface area contributed by atoms with Gasteiger partial charge in [0.05, 0.1) is 45.0 Å². The van der Waals surface area contributed by atoms with Gasteiger partial charge in [0.1, 0.15) is 36.8 Å². The van der Waals surface area contributed by atoms with Gasteiger partial charge in [0.15, 0.2) is 5.96 Å². The van der Waals surface area contributed by atoms with Crippen molar-refractivity contribution in [1.29, 1.82) is 0 Å². The molecule has 0 bridgehead atoms. The lowest BCUT2D eigenvalue weighted by atomic mass is 10.1. The first-order valence-electron chi connectivity index (χ1n) is 19.8. The predicted octanol–water partition coefficient (Wildman–Crippen LogP) is -8.79. The van der Waals surface area contributed by atoms with Gasteiger partial charge in [0, 0.05) is 37.2 Å². The topological polar surface area (TPSA) is 467 Å². The van der Waals surface area contributed by atoms with E-state index in [9.17, 15) is 63.0 Å². The Balaban J connectivity index is 1.99. The van der Waals surface area contributed by atoms with Crippen molar-refractivity contribution in [1.82, 2.24) is 57.4 Å². The number of carboxylic acid groups (broad SMARTS) is 2. The Labute approximate surface area is 375 Å². The smallest absolute Gasteiger partial charge is 0.322 e. The summed E-state index contributed by atoms with van der Waals surface area (Å²) in [6.07, 6.45) is 2.47. The first kappa shape index (κ1) is 54.1. The molecule has 1 aromatic heterocycles. The third kappa shape index (κ3) is 19.9. The van der Waals surface area contributed by atoms with Gasteiger partial charge < -0.3 is 84.9 Å². The highest BCUT2D eigenvalue weighted by Crippen LogP contribution is 2.19. The molecule has 0 saturated carbocycles. The average molecular weight is 942 g/mol. The fourth-order valence-electron chi connectivity index (χ4n) is 5.93. The molecule has 0 spiro atoms. The number of hydrogen-bond acceptors (Lipinski definition) is 16. The van der Waals surface area contributed by atoms with Crippen LogP contribution < -0.4 is 59.7 Å². The lowest BCUT2D eigenvalue weighted by molar-refractivity contribution is -0.144. The number of imidazole rings is 1. The van der Waals surface area contributed by atoms with E-state index in [1.807, 2.05) is 0 Å². The Bertz CT molecular complexity index is 1900. The number of aromatic amines is 1. The molecule has 1 aliphatic heterocycles. The molecule has 9 amide bonds. The summed E-state index contributed by atoms with van der Waals surface area (Å²) in [6.45, 7) is -3.82. The van der Waals surface area contributed by atoms with E-state index in [-0.39, 0.29) is 50.5 Å². The molecule has 30 heteroatoms. The second kappa shape index (κ2) is 27.9. The molecule has 65 heavy (non-hydrogen) atoms. The summed E-state index contributed by atoms with van der Waals surface area (Å²) >= 11 is 4.05. The fourth-order valence-corrected chi connectivity index (χ4v) is 6.19. The second-order valence-electron chi connectivity index (χ2n) is 14.2. The highest BCUT2D eigenvalue weighted by atomic mass is 32.1. The van der Waals surface area contributed by atoms with Gasteiger partial charge in [-0.25, -0.2) is 4.98 Å². The van der Waals surface area contributed by atoms with Crippen LogP contribution >= 0.6 is 12.6 Å². The molecule has 1 fully saturated rings. The van der Waals surface area contributed by atoms with Crippen LogP contribution in [0.1, 0.15) is 37.8 Å². The van der Waals surface area contributed by atoms with E-state index in [2.05, 4.69) is 70.1 Å². The monoisotopic (exact) mass is 941 g/mol. The number of carbonyl (C=O) groups is 11. The average Bonchev–Trinajstić information content (AvgIpc) is 3.97. The standard InChI is InChI=1S/C35H55N15O14S/c36-18(7-17-9-39-16-45-17)29(59)41-10-26(54)48-22(15-65)31(61)43-11-24(52)46-19(3-1-5-40-35(37)38)30(60)42-12-25(53)47-20(8-27(55)56)32(62)49-21(14-51)34(64)50-6-2-4-23(50)33(63)44-13-28(57)58/h9,16,18-23,51,65H,1-8,10-15,36H2,(H,39,45)(H,41,59)(H,42,60)(H,43,61)(H,44,63)(H,46,52)(H,47,53)(H,48,54)(H,49,62)(H,55,56)(H,57,58)(H4,37,38,40)/t18-,19-,20-,21-,22-,23-/m0/s1. The van der Waals surface area contributed by atoms with Crippen LogP contribution in [0, 0.1) is 0 Å². The molecule has 1 saturated heterocycles. The number of aliphatic hydroxyl groups excluding tert-OH is 1. The van der Waals surface area contributed by atoms with Gasteiger partial charge in [-0.05, 0) is 25.7 Å². The van der Waals surface area contributed by atoms with Crippen molar-refractivity contribution in [2.75, 3.05) is 51.6 Å². The number of thiol groups is 1. The normalized spacial score (nSPS) is 15.3. The van der Waals surface area contributed by atoms with E-state index in [1.54, 1.807) is 0 Å². The van der Waals surface area contributed by atoms with Crippen LogP contribution in [-0.4, -0.2) is 189 Å². The van der Waals surface area contributed by atoms with Crippen LogP contribution in [0.25, 0.3) is 0 Å². The number of H-pyrrole nitrogens is 1. The zero-order valence-corrected chi connectivity index (χ0v) is 35.8. The number of amides is 9. The number of hydrogen-bond donors (Lipinski definition) is 16. The van der Waals surface area contributed by atoms with Crippen molar-refractivity contribution in [3.63, 3.8) is 0 Å². The van der Waals surface area contributed by atoms with Crippen molar-refractivity contribution >= 4 is 83.7 Å². The highest BCUT2D eigenvalue weighted by Gasteiger charge is 2.38. The first-order valence-corrected chi connectivity index (χ1v) is 20.4. The van der Waals surface area contributed by atoms with E-state index in [0.29, 0.717) is 12.1 Å². The molecule has 1 aliphatic rings. The molecule has 6 atom stereocenters. The van der Waals surface area contributed by atoms with Crippen molar-refractivity contribution < 1.29 is 68.1 Å². The minimum atomic E-state index is -1.85. The summed E-state index contributed by atoms with van der Waals surface area (Å²) in [5.41, 5.74) is 17.1. The summed E-state index contributed by atoms with van der Waals surface area (Å²) in [4.78, 5) is 149. The Morgan fingerprint density at radius 3 is 1.91 bits per heavy atom. The molecular weight excluding hydrogens is 887 g/mol. The number of nitrogens with one attached hydrogen (secondary N) is 9. The molecule has 29 nitrogen and oxygen atoms in total. The molecule has 1 aromatic rings. The van der Waals surface area contributed by atoms with Crippen molar-refractivity contribution in [2.45, 2.75) is 74.8 Å². The lowest BCUT2D eigenvalue weighted by Crippen LogP contribution is -2.58. The van der Waals surface area contributed by atoms with Crippen molar-refractivity contribution in [3.8, 4) is 0 Å². The number of nitrogens with two attached hydrogens (primary N) is 3. The largest absolute Gasteiger partial charge is 0.481 e. The second-order valence-corrected chi connectivity index (χ2v) is 14.5. The number of likely N-dealkylation sites (tertiary alicyclic amines) is 1. The minimum absolute atomic E-state index is 0.0127. The molecule has 2 rings (SSSR count). The molecule has 2 heterocycles. The van der Waals surface area contributed by atoms with Gasteiger partial charge in [-0.15, -0.1) is 0 Å². The zero-order chi connectivity index (χ0) is 48.6. The molecule has 360 valence electrons. The number of nitrogens with zero attached hydrogens (tertiary/aromatic N) is 3. The van der Waals surface area contributed by atoms with Crippen LogP contribution in [-0.2, 0) is 59.2 Å². The Morgan fingerprint density at radius 2 is 1.37 bits per heavy atom. The Morgan fingerprint density at radius 1 is 0.785 bits per heavy atom. The van der Waals surface area contributed by atoms with Gasteiger partial charge in [0.25, 0.3) is 0 Å². The highest BCUT2D eigenvalue weighted by molar-refractivity contribution is 7.80. The predicted molar refractivity (Wildman–Crippen MR) is 226 cm³/mol. The first-order chi connectivity index (χ1) is 30.7. The summed E-state index contributed by atoms with van der Waals surface area (Å²) in [7, 11) is 0. The number of carbonyl (C=O) groups excluding carboxylic acids is 9. The number of aliphatic carboxylic acids is 2. The summed E-state index contributed by atoms with van der Waals surface area (Å²) < 4.78 is 0. The minimum Gasteiger partial charge on any atom is -0.481 e. The molecular formula is C35H55N15O14S. The van der Waals surface area contributed by atoms with Crippen LogP contribution in [0.2, 0.25) is 0 Å². The van der Waals surface area contributed by atoms with Crippen LogP contribution in [0.3, 0.4) is 0 Å². The number of aliphatic hydroxyl groups is 1. The molecule has 0 radical (unpaired) electrons. The van der Waals surface area contributed by atoms with Crippen LogP contribution in [0.4, 0.5) is 0 Å². The number of carboxylic acids is 2. The maximum atomic E-state index is 13.2. The van der Waals surface area contributed by atoms with Gasteiger partial charge in [-0.1, -0.05) is 0 Å². The van der Waals surface area contributed by atoms with E-state index >= 15 is 0 Å². The molecule has 18 N–H and O–H groups in total.